The molecule has 2 heterocycles. The van der Waals surface area contributed by atoms with Gasteiger partial charge in [0, 0.05) is 25.3 Å². The molecule has 0 unspecified atom stereocenters. The van der Waals surface area contributed by atoms with E-state index in [2.05, 4.69) is 72.0 Å². The molecule has 0 aliphatic carbocycles. The monoisotopic (exact) mass is 304 g/mol. The lowest BCUT2D eigenvalue weighted by Gasteiger charge is -2.10. The number of aryl methyl sites for hydroxylation is 1. The third-order valence-corrected chi connectivity index (χ3v) is 3.82. The highest BCUT2D eigenvalue weighted by atomic mass is 15.3. The standard InChI is InChI=1S/C19H20N4/c1-4-22(5-2)14-12-18-17-7-6-13-20-19(17)23(21-18)16-10-8-15(3)9-11-16/h6-11,13H,4-5H2,1-3H3. The molecule has 0 aliphatic heterocycles. The first-order valence-corrected chi connectivity index (χ1v) is 7.90. The van der Waals surface area contributed by atoms with E-state index in [0.717, 1.165) is 35.5 Å². The van der Waals surface area contributed by atoms with Crippen LogP contribution in [0, 0.1) is 18.9 Å². The summed E-state index contributed by atoms with van der Waals surface area (Å²) in [6.07, 6.45) is 1.79. The van der Waals surface area contributed by atoms with E-state index in [-0.39, 0.29) is 0 Å². The van der Waals surface area contributed by atoms with E-state index in [1.807, 2.05) is 16.8 Å². The number of aromatic nitrogens is 3. The zero-order valence-electron chi connectivity index (χ0n) is 13.7. The van der Waals surface area contributed by atoms with Crippen LogP contribution in [0.2, 0.25) is 0 Å². The molecule has 0 amide bonds. The number of pyridine rings is 1. The molecule has 0 saturated carbocycles. The average Bonchev–Trinajstić information content (AvgIpc) is 2.96. The summed E-state index contributed by atoms with van der Waals surface area (Å²) in [4.78, 5) is 6.55. The third kappa shape index (κ3) is 3.04. The van der Waals surface area contributed by atoms with Gasteiger partial charge in [0.25, 0.3) is 0 Å². The van der Waals surface area contributed by atoms with Gasteiger partial charge in [0.1, 0.15) is 5.69 Å². The quantitative estimate of drug-likeness (QED) is 0.549. The Balaban J connectivity index is 2.12. The van der Waals surface area contributed by atoms with Crippen molar-refractivity contribution in [3.8, 4) is 17.7 Å². The molecule has 2 aromatic heterocycles. The Morgan fingerprint density at radius 2 is 1.83 bits per heavy atom. The lowest BCUT2D eigenvalue weighted by molar-refractivity contribution is 0.444. The lowest BCUT2D eigenvalue weighted by Crippen LogP contribution is -2.15. The lowest BCUT2D eigenvalue weighted by atomic mass is 10.2. The molecule has 0 aliphatic rings. The first-order valence-electron chi connectivity index (χ1n) is 7.90. The highest BCUT2D eigenvalue weighted by Crippen LogP contribution is 2.20. The van der Waals surface area contributed by atoms with Crippen molar-refractivity contribution in [2.45, 2.75) is 20.8 Å². The van der Waals surface area contributed by atoms with Crippen molar-refractivity contribution in [3.05, 3.63) is 53.9 Å². The Morgan fingerprint density at radius 1 is 1.09 bits per heavy atom. The molecule has 3 rings (SSSR count). The van der Waals surface area contributed by atoms with Crippen molar-refractivity contribution in [2.24, 2.45) is 0 Å². The molecular formula is C19H20N4. The molecule has 0 saturated heterocycles. The fourth-order valence-electron chi connectivity index (χ4n) is 2.42. The van der Waals surface area contributed by atoms with Gasteiger partial charge in [-0.2, -0.15) is 5.10 Å². The van der Waals surface area contributed by atoms with Crippen molar-refractivity contribution < 1.29 is 0 Å². The SMILES string of the molecule is CCN(C#Cc1nn(-c2ccc(C)cc2)c2ncccc12)CC. The van der Waals surface area contributed by atoms with E-state index in [0.29, 0.717) is 0 Å². The third-order valence-electron chi connectivity index (χ3n) is 3.82. The number of benzene rings is 1. The van der Waals surface area contributed by atoms with Gasteiger partial charge in [-0.05, 0) is 51.0 Å². The highest BCUT2D eigenvalue weighted by Gasteiger charge is 2.11. The van der Waals surface area contributed by atoms with Gasteiger partial charge in [-0.25, -0.2) is 9.67 Å². The molecule has 0 atom stereocenters. The summed E-state index contributed by atoms with van der Waals surface area (Å²) in [7, 11) is 0. The summed E-state index contributed by atoms with van der Waals surface area (Å²) in [5.74, 6) is 3.20. The number of hydrogen-bond acceptors (Lipinski definition) is 3. The van der Waals surface area contributed by atoms with Gasteiger partial charge >= 0.3 is 0 Å². The molecule has 23 heavy (non-hydrogen) atoms. The van der Waals surface area contributed by atoms with Gasteiger partial charge in [-0.15, -0.1) is 0 Å². The second-order valence-electron chi connectivity index (χ2n) is 5.38. The number of hydrogen-bond donors (Lipinski definition) is 0. The topological polar surface area (TPSA) is 34.0 Å². The van der Waals surface area contributed by atoms with Crippen LogP contribution in [0.3, 0.4) is 0 Å². The minimum absolute atomic E-state index is 0.764. The largest absolute Gasteiger partial charge is 0.333 e. The summed E-state index contributed by atoms with van der Waals surface area (Å²) in [5.41, 5.74) is 3.82. The average molecular weight is 304 g/mol. The first kappa shape index (κ1) is 15.1. The van der Waals surface area contributed by atoms with Gasteiger partial charge in [0.15, 0.2) is 5.65 Å². The summed E-state index contributed by atoms with van der Waals surface area (Å²) < 4.78 is 1.86. The van der Waals surface area contributed by atoms with E-state index in [1.54, 1.807) is 6.20 Å². The zero-order valence-corrected chi connectivity index (χ0v) is 13.7. The molecule has 1 aromatic carbocycles. The fraction of sp³-hybridized carbons (Fsp3) is 0.263. The molecule has 116 valence electrons. The normalized spacial score (nSPS) is 10.4. The number of rotatable bonds is 3. The molecule has 3 aromatic rings. The second kappa shape index (κ2) is 6.53. The van der Waals surface area contributed by atoms with Crippen LogP contribution in [0.25, 0.3) is 16.7 Å². The molecule has 0 bridgehead atoms. The van der Waals surface area contributed by atoms with Crippen LogP contribution in [0.4, 0.5) is 0 Å². The smallest absolute Gasteiger partial charge is 0.164 e. The Morgan fingerprint density at radius 3 is 2.52 bits per heavy atom. The summed E-state index contributed by atoms with van der Waals surface area (Å²) in [5, 5.41) is 5.66. The maximum atomic E-state index is 4.68. The molecule has 0 radical (unpaired) electrons. The van der Waals surface area contributed by atoms with Crippen LogP contribution in [0.5, 0.6) is 0 Å². The maximum Gasteiger partial charge on any atom is 0.164 e. The predicted molar refractivity (Wildman–Crippen MR) is 93.4 cm³/mol. The molecule has 4 nitrogen and oxygen atoms in total. The molecule has 0 N–H and O–H groups in total. The second-order valence-corrected chi connectivity index (χ2v) is 5.38. The van der Waals surface area contributed by atoms with Gasteiger partial charge in [0.05, 0.1) is 11.1 Å². The van der Waals surface area contributed by atoms with E-state index in [4.69, 9.17) is 0 Å². The van der Waals surface area contributed by atoms with Crippen LogP contribution in [-0.4, -0.2) is 32.8 Å². The van der Waals surface area contributed by atoms with Crippen LogP contribution < -0.4 is 0 Å². The fourth-order valence-corrected chi connectivity index (χ4v) is 2.42. The maximum absolute atomic E-state index is 4.68. The van der Waals surface area contributed by atoms with Gasteiger partial charge in [-0.1, -0.05) is 17.7 Å². The van der Waals surface area contributed by atoms with Crippen LogP contribution >= 0.6 is 0 Å². The minimum Gasteiger partial charge on any atom is -0.333 e. The Labute approximate surface area is 136 Å². The Hall–Kier alpha value is -2.80. The summed E-state index contributed by atoms with van der Waals surface area (Å²) in [6.45, 7) is 8.08. The van der Waals surface area contributed by atoms with Crippen molar-refractivity contribution in [1.29, 1.82) is 0 Å². The van der Waals surface area contributed by atoms with Crippen molar-refractivity contribution in [3.63, 3.8) is 0 Å². The van der Waals surface area contributed by atoms with Gasteiger partial charge in [0.2, 0.25) is 0 Å². The number of nitrogens with zero attached hydrogens (tertiary/aromatic N) is 4. The molecule has 0 spiro atoms. The van der Waals surface area contributed by atoms with Crippen molar-refractivity contribution >= 4 is 11.0 Å². The van der Waals surface area contributed by atoms with Crippen molar-refractivity contribution in [1.82, 2.24) is 19.7 Å². The first-order chi connectivity index (χ1) is 11.2. The number of fused-ring (bicyclic) bond motifs is 1. The van der Waals surface area contributed by atoms with E-state index >= 15 is 0 Å². The van der Waals surface area contributed by atoms with E-state index in [1.165, 1.54) is 5.56 Å². The Kier molecular flexibility index (Phi) is 4.29. The minimum atomic E-state index is 0.764. The van der Waals surface area contributed by atoms with Gasteiger partial charge in [-0.3, -0.25) is 0 Å². The van der Waals surface area contributed by atoms with Crippen LogP contribution in [0.15, 0.2) is 42.6 Å². The predicted octanol–water partition coefficient (Wildman–Crippen LogP) is 3.38. The summed E-state index contributed by atoms with van der Waals surface area (Å²) in [6, 6.07) is 15.4. The Bertz CT molecular complexity index is 862. The highest BCUT2D eigenvalue weighted by molar-refractivity contribution is 5.82. The molecular weight excluding hydrogens is 284 g/mol. The molecule has 4 heteroatoms. The summed E-state index contributed by atoms with van der Waals surface area (Å²) >= 11 is 0. The van der Waals surface area contributed by atoms with Crippen LogP contribution in [0.1, 0.15) is 25.1 Å². The van der Waals surface area contributed by atoms with Crippen molar-refractivity contribution in [2.75, 3.05) is 13.1 Å². The van der Waals surface area contributed by atoms with E-state index in [9.17, 15) is 0 Å². The zero-order chi connectivity index (χ0) is 16.2. The van der Waals surface area contributed by atoms with Crippen LogP contribution in [-0.2, 0) is 0 Å². The van der Waals surface area contributed by atoms with Gasteiger partial charge < -0.3 is 4.90 Å². The van der Waals surface area contributed by atoms with E-state index < -0.39 is 0 Å². The molecule has 0 fully saturated rings.